The molecule has 3 nitrogen and oxygen atoms in total. The van der Waals surface area contributed by atoms with Gasteiger partial charge in [-0.3, -0.25) is 4.90 Å². The van der Waals surface area contributed by atoms with Gasteiger partial charge in [-0.1, -0.05) is 6.42 Å². The Bertz CT molecular complexity index is 334. The number of nitrogens with zero attached hydrogens (tertiary/aromatic N) is 1. The van der Waals surface area contributed by atoms with E-state index in [2.05, 4.69) is 11.8 Å². The molecule has 0 aromatic carbocycles. The van der Waals surface area contributed by atoms with Crippen molar-refractivity contribution in [2.75, 3.05) is 13.1 Å². The predicted molar refractivity (Wildman–Crippen MR) is 65.3 cm³/mol. The standard InChI is InChI=1S/C13H22N2O/c1-10-5-3-4-8-15(10)9-12(14)13-7-6-11(2)16-13/h6-7,10,12H,3-5,8-9,14H2,1-2H3. The number of furan rings is 1. The van der Waals surface area contributed by atoms with Crippen LogP contribution in [0.5, 0.6) is 0 Å². The van der Waals surface area contributed by atoms with Crippen LogP contribution in [0.2, 0.25) is 0 Å². The minimum absolute atomic E-state index is 0.00856. The van der Waals surface area contributed by atoms with Gasteiger partial charge in [0.05, 0.1) is 6.04 Å². The number of aryl methyl sites for hydroxylation is 1. The van der Waals surface area contributed by atoms with E-state index in [0.717, 1.165) is 18.1 Å². The van der Waals surface area contributed by atoms with Crippen LogP contribution in [0.15, 0.2) is 16.5 Å². The van der Waals surface area contributed by atoms with Crippen molar-refractivity contribution in [1.29, 1.82) is 0 Å². The van der Waals surface area contributed by atoms with E-state index < -0.39 is 0 Å². The van der Waals surface area contributed by atoms with E-state index in [-0.39, 0.29) is 6.04 Å². The molecule has 1 aromatic rings. The van der Waals surface area contributed by atoms with Gasteiger partial charge in [-0.2, -0.15) is 0 Å². The van der Waals surface area contributed by atoms with Gasteiger partial charge in [0, 0.05) is 12.6 Å². The van der Waals surface area contributed by atoms with Crippen LogP contribution < -0.4 is 5.73 Å². The molecule has 3 heteroatoms. The van der Waals surface area contributed by atoms with Crippen molar-refractivity contribution in [3.63, 3.8) is 0 Å². The van der Waals surface area contributed by atoms with Crippen molar-refractivity contribution in [2.24, 2.45) is 5.73 Å². The molecule has 1 fully saturated rings. The summed E-state index contributed by atoms with van der Waals surface area (Å²) in [4.78, 5) is 2.48. The highest BCUT2D eigenvalue weighted by Gasteiger charge is 2.21. The fourth-order valence-electron chi connectivity index (χ4n) is 2.42. The van der Waals surface area contributed by atoms with Gasteiger partial charge in [0.25, 0.3) is 0 Å². The summed E-state index contributed by atoms with van der Waals surface area (Å²) < 4.78 is 5.57. The van der Waals surface area contributed by atoms with Gasteiger partial charge < -0.3 is 10.2 Å². The maximum Gasteiger partial charge on any atom is 0.122 e. The second-order valence-electron chi connectivity index (χ2n) is 4.89. The highest BCUT2D eigenvalue weighted by atomic mass is 16.3. The molecule has 2 rings (SSSR count). The molecule has 1 aliphatic rings. The third-order valence-electron chi connectivity index (χ3n) is 3.50. The normalized spacial score (nSPS) is 24.6. The quantitative estimate of drug-likeness (QED) is 0.854. The molecule has 0 bridgehead atoms. The molecular weight excluding hydrogens is 200 g/mol. The second-order valence-corrected chi connectivity index (χ2v) is 4.89. The number of rotatable bonds is 3. The Morgan fingerprint density at radius 2 is 2.31 bits per heavy atom. The SMILES string of the molecule is Cc1ccc(C(N)CN2CCCCC2C)o1. The molecular formula is C13H22N2O. The molecule has 16 heavy (non-hydrogen) atoms. The first kappa shape index (κ1) is 11.7. The van der Waals surface area contributed by atoms with Crippen molar-refractivity contribution < 1.29 is 4.42 Å². The van der Waals surface area contributed by atoms with Crippen LogP contribution in [-0.2, 0) is 0 Å². The number of likely N-dealkylation sites (tertiary alicyclic amines) is 1. The Kier molecular flexibility index (Phi) is 3.66. The average molecular weight is 222 g/mol. The molecule has 1 aliphatic heterocycles. The summed E-state index contributed by atoms with van der Waals surface area (Å²) in [6, 6.07) is 4.65. The lowest BCUT2D eigenvalue weighted by Gasteiger charge is -2.34. The summed E-state index contributed by atoms with van der Waals surface area (Å²) >= 11 is 0. The van der Waals surface area contributed by atoms with E-state index in [4.69, 9.17) is 10.2 Å². The van der Waals surface area contributed by atoms with Crippen LogP contribution in [-0.4, -0.2) is 24.0 Å². The van der Waals surface area contributed by atoms with E-state index in [0.29, 0.717) is 6.04 Å². The topological polar surface area (TPSA) is 42.4 Å². The third kappa shape index (κ3) is 2.66. The van der Waals surface area contributed by atoms with Crippen LogP contribution in [0.1, 0.15) is 43.7 Å². The summed E-state index contributed by atoms with van der Waals surface area (Å²) in [5.41, 5.74) is 6.17. The van der Waals surface area contributed by atoms with Crippen molar-refractivity contribution in [3.05, 3.63) is 23.7 Å². The van der Waals surface area contributed by atoms with Crippen LogP contribution in [0.3, 0.4) is 0 Å². The minimum Gasteiger partial charge on any atom is -0.465 e. The van der Waals surface area contributed by atoms with Crippen molar-refractivity contribution >= 4 is 0 Å². The van der Waals surface area contributed by atoms with Gasteiger partial charge in [0.1, 0.15) is 11.5 Å². The van der Waals surface area contributed by atoms with E-state index in [1.807, 2.05) is 19.1 Å². The number of nitrogens with two attached hydrogens (primary N) is 1. The molecule has 2 atom stereocenters. The van der Waals surface area contributed by atoms with Gasteiger partial charge >= 0.3 is 0 Å². The number of hydrogen-bond donors (Lipinski definition) is 1. The molecule has 1 aromatic heterocycles. The summed E-state index contributed by atoms with van der Waals surface area (Å²) in [7, 11) is 0. The highest BCUT2D eigenvalue weighted by Crippen LogP contribution is 2.21. The second kappa shape index (κ2) is 5.02. The van der Waals surface area contributed by atoms with Crippen molar-refractivity contribution in [2.45, 2.75) is 45.2 Å². The van der Waals surface area contributed by atoms with Gasteiger partial charge in [0.2, 0.25) is 0 Å². The monoisotopic (exact) mass is 222 g/mol. The van der Waals surface area contributed by atoms with Gasteiger partial charge in [-0.15, -0.1) is 0 Å². The van der Waals surface area contributed by atoms with Crippen LogP contribution >= 0.6 is 0 Å². The van der Waals surface area contributed by atoms with E-state index in [1.54, 1.807) is 0 Å². The largest absolute Gasteiger partial charge is 0.465 e. The van der Waals surface area contributed by atoms with Gasteiger partial charge in [-0.25, -0.2) is 0 Å². The molecule has 0 saturated carbocycles. The summed E-state index contributed by atoms with van der Waals surface area (Å²) in [6.45, 7) is 6.34. The Morgan fingerprint density at radius 3 is 2.94 bits per heavy atom. The molecule has 0 aliphatic carbocycles. The lowest BCUT2D eigenvalue weighted by molar-refractivity contribution is 0.147. The number of hydrogen-bond acceptors (Lipinski definition) is 3. The van der Waals surface area contributed by atoms with Crippen LogP contribution in [0.4, 0.5) is 0 Å². The van der Waals surface area contributed by atoms with Gasteiger partial charge in [-0.05, 0) is 45.4 Å². The average Bonchev–Trinajstić information content (AvgIpc) is 2.68. The maximum atomic E-state index is 6.17. The molecule has 90 valence electrons. The number of piperidine rings is 1. The molecule has 0 amide bonds. The van der Waals surface area contributed by atoms with Crippen LogP contribution in [0.25, 0.3) is 0 Å². The minimum atomic E-state index is 0.00856. The molecule has 2 unspecified atom stereocenters. The molecule has 2 heterocycles. The molecule has 2 N–H and O–H groups in total. The van der Waals surface area contributed by atoms with Crippen molar-refractivity contribution in [3.8, 4) is 0 Å². The Balaban J connectivity index is 1.93. The zero-order valence-electron chi connectivity index (χ0n) is 10.3. The highest BCUT2D eigenvalue weighted by molar-refractivity contribution is 5.09. The fraction of sp³-hybridized carbons (Fsp3) is 0.692. The van der Waals surface area contributed by atoms with Gasteiger partial charge in [0.15, 0.2) is 0 Å². The lowest BCUT2D eigenvalue weighted by atomic mass is 10.0. The Morgan fingerprint density at radius 1 is 1.50 bits per heavy atom. The summed E-state index contributed by atoms with van der Waals surface area (Å²) in [5, 5.41) is 0. The van der Waals surface area contributed by atoms with E-state index >= 15 is 0 Å². The Labute approximate surface area is 97.6 Å². The first-order valence-electron chi connectivity index (χ1n) is 6.23. The lowest BCUT2D eigenvalue weighted by Crippen LogP contribution is -2.41. The molecule has 0 radical (unpaired) electrons. The smallest absolute Gasteiger partial charge is 0.122 e. The van der Waals surface area contributed by atoms with E-state index in [1.165, 1.54) is 25.8 Å². The molecule has 1 saturated heterocycles. The first-order valence-corrected chi connectivity index (χ1v) is 6.23. The maximum absolute atomic E-state index is 6.17. The summed E-state index contributed by atoms with van der Waals surface area (Å²) in [5.74, 6) is 1.85. The molecule has 0 spiro atoms. The summed E-state index contributed by atoms with van der Waals surface area (Å²) in [6.07, 6.45) is 3.95. The van der Waals surface area contributed by atoms with E-state index in [9.17, 15) is 0 Å². The van der Waals surface area contributed by atoms with Crippen molar-refractivity contribution in [1.82, 2.24) is 4.90 Å². The third-order valence-corrected chi connectivity index (χ3v) is 3.50. The fourth-order valence-corrected chi connectivity index (χ4v) is 2.42. The Hall–Kier alpha value is -0.800. The first-order chi connectivity index (χ1) is 7.66. The predicted octanol–water partition coefficient (Wildman–Crippen LogP) is 2.46. The zero-order chi connectivity index (χ0) is 11.5. The van der Waals surface area contributed by atoms with Crippen LogP contribution in [0, 0.1) is 6.92 Å². The zero-order valence-corrected chi connectivity index (χ0v) is 10.3.